The van der Waals surface area contributed by atoms with Gasteiger partial charge in [-0.25, -0.2) is 9.48 Å². The standard InChI is InChI=1S/C12H12Cl2N6O4S2/c1-19-12(16-17-18-19)26-3-4-2-25-10-5(15-8(21)7(13)14)9(22)20(10)6(4)11(23)24/h5,7,10H,2-3H2,1H3,(H,15,21)(H,23,24)/t5?,10-/m1/s1. The predicted molar refractivity (Wildman–Crippen MR) is 94.7 cm³/mol. The van der Waals surface area contributed by atoms with E-state index in [1.807, 2.05) is 0 Å². The van der Waals surface area contributed by atoms with Gasteiger partial charge in [-0.2, -0.15) is 0 Å². The maximum absolute atomic E-state index is 12.4. The number of aryl methyl sites for hydroxylation is 1. The minimum Gasteiger partial charge on any atom is -0.477 e. The molecule has 10 nitrogen and oxygen atoms in total. The number of rotatable bonds is 6. The van der Waals surface area contributed by atoms with Gasteiger partial charge in [-0.05, 0) is 16.0 Å². The molecule has 3 heterocycles. The van der Waals surface area contributed by atoms with Crippen LogP contribution in [0.1, 0.15) is 0 Å². The highest BCUT2D eigenvalue weighted by atomic mass is 35.5. The minimum atomic E-state index is -1.30. The van der Waals surface area contributed by atoms with E-state index in [1.54, 1.807) is 7.05 Å². The Morgan fingerprint density at radius 1 is 1.50 bits per heavy atom. The van der Waals surface area contributed by atoms with Gasteiger partial charge in [0.25, 0.3) is 11.8 Å². The first-order valence-corrected chi connectivity index (χ1v) is 10.1. The van der Waals surface area contributed by atoms with E-state index in [0.717, 1.165) is 0 Å². The van der Waals surface area contributed by atoms with Gasteiger partial charge in [-0.15, -0.1) is 16.9 Å². The summed E-state index contributed by atoms with van der Waals surface area (Å²) in [5, 5.41) is 23.1. The number of thioether (sulfide) groups is 2. The average molecular weight is 439 g/mol. The third kappa shape index (κ3) is 3.50. The minimum absolute atomic E-state index is 0.0693. The summed E-state index contributed by atoms with van der Waals surface area (Å²) < 4.78 is 1.47. The molecule has 2 aliphatic rings. The molecule has 14 heteroatoms. The van der Waals surface area contributed by atoms with Crippen molar-refractivity contribution in [3.63, 3.8) is 0 Å². The molecule has 3 rings (SSSR count). The molecular formula is C12H12Cl2N6O4S2. The normalized spacial score (nSPS) is 22.3. The summed E-state index contributed by atoms with van der Waals surface area (Å²) in [6, 6.07) is -0.848. The first kappa shape index (κ1) is 19.3. The van der Waals surface area contributed by atoms with Crippen molar-refractivity contribution in [2.45, 2.75) is 21.4 Å². The van der Waals surface area contributed by atoms with Gasteiger partial charge in [0.05, 0.1) is 0 Å². The van der Waals surface area contributed by atoms with Crippen molar-refractivity contribution in [3.8, 4) is 0 Å². The number of nitrogens with one attached hydrogen (secondary N) is 1. The molecule has 1 unspecified atom stereocenters. The van der Waals surface area contributed by atoms with Crippen molar-refractivity contribution < 1.29 is 19.5 Å². The highest BCUT2D eigenvalue weighted by molar-refractivity contribution is 8.01. The number of carboxylic acids is 1. The summed E-state index contributed by atoms with van der Waals surface area (Å²) in [5.41, 5.74) is 0.512. The molecule has 2 amide bonds. The fraction of sp³-hybridized carbons (Fsp3) is 0.500. The van der Waals surface area contributed by atoms with Crippen LogP contribution in [0.4, 0.5) is 0 Å². The zero-order valence-corrected chi connectivity index (χ0v) is 16.3. The van der Waals surface area contributed by atoms with E-state index in [-0.39, 0.29) is 5.70 Å². The van der Waals surface area contributed by atoms with Crippen molar-refractivity contribution in [1.29, 1.82) is 0 Å². The molecule has 0 radical (unpaired) electrons. The van der Waals surface area contributed by atoms with Crippen LogP contribution in [0.3, 0.4) is 0 Å². The summed E-state index contributed by atoms with van der Waals surface area (Å²) in [5.74, 6) is -1.69. The van der Waals surface area contributed by atoms with E-state index >= 15 is 0 Å². The highest BCUT2D eigenvalue weighted by Crippen LogP contribution is 2.41. The first-order valence-electron chi connectivity index (χ1n) is 7.15. The highest BCUT2D eigenvalue weighted by Gasteiger charge is 2.54. The Morgan fingerprint density at radius 3 is 2.81 bits per heavy atom. The van der Waals surface area contributed by atoms with Crippen molar-refractivity contribution >= 4 is 64.5 Å². The second-order valence-electron chi connectivity index (χ2n) is 5.33. The zero-order valence-electron chi connectivity index (χ0n) is 13.1. The second kappa shape index (κ2) is 7.62. The number of fused-ring (bicyclic) bond motifs is 1. The van der Waals surface area contributed by atoms with Crippen LogP contribution in [0, 0.1) is 0 Å². The Bertz CT molecular complexity index is 800. The van der Waals surface area contributed by atoms with Crippen molar-refractivity contribution in [2.24, 2.45) is 7.05 Å². The zero-order chi connectivity index (χ0) is 19.0. The lowest BCUT2D eigenvalue weighted by Gasteiger charge is -2.49. The lowest BCUT2D eigenvalue weighted by Crippen LogP contribution is -2.71. The predicted octanol–water partition coefficient (Wildman–Crippen LogP) is -0.155. The summed E-state index contributed by atoms with van der Waals surface area (Å²) in [6.07, 6.45) is 0. The SMILES string of the molecule is Cn1nnnc1SCC1=C(C(=O)O)N2C(=O)C(NC(=O)C(Cl)Cl)[C@H]2SC1. The Kier molecular flexibility index (Phi) is 5.65. The third-order valence-corrected chi connectivity index (χ3v) is 6.54. The number of alkyl halides is 2. The fourth-order valence-electron chi connectivity index (χ4n) is 2.51. The molecule has 2 aliphatic heterocycles. The number of amides is 2. The molecule has 0 saturated carbocycles. The van der Waals surface area contributed by atoms with Crippen LogP contribution in [0.25, 0.3) is 0 Å². The second-order valence-corrected chi connectivity index (χ2v) is 8.47. The number of aromatic nitrogens is 4. The third-order valence-electron chi connectivity index (χ3n) is 3.70. The summed E-state index contributed by atoms with van der Waals surface area (Å²) in [7, 11) is 1.67. The topological polar surface area (TPSA) is 130 Å². The Labute approximate surface area is 165 Å². The van der Waals surface area contributed by atoms with Gasteiger partial charge in [0.2, 0.25) is 5.16 Å². The van der Waals surface area contributed by atoms with Gasteiger partial charge in [-0.3, -0.25) is 14.5 Å². The largest absolute Gasteiger partial charge is 0.477 e. The maximum atomic E-state index is 12.4. The molecular weight excluding hydrogens is 427 g/mol. The number of halogens is 2. The van der Waals surface area contributed by atoms with Crippen LogP contribution in [0.2, 0.25) is 0 Å². The van der Waals surface area contributed by atoms with E-state index in [1.165, 1.54) is 33.1 Å². The first-order chi connectivity index (χ1) is 12.3. The van der Waals surface area contributed by atoms with Gasteiger partial charge >= 0.3 is 5.97 Å². The molecule has 1 aromatic heterocycles. The van der Waals surface area contributed by atoms with Crippen LogP contribution in [-0.4, -0.2) is 75.8 Å². The monoisotopic (exact) mass is 438 g/mol. The molecule has 1 fully saturated rings. The molecule has 1 saturated heterocycles. The van der Waals surface area contributed by atoms with Crippen LogP contribution in [-0.2, 0) is 21.4 Å². The number of tetrazole rings is 1. The van der Waals surface area contributed by atoms with E-state index in [0.29, 0.717) is 22.2 Å². The lowest BCUT2D eigenvalue weighted by molar-refractivity contribution is -0.150. The Balaban J connectivity index is 1.76. The van der Waals surface area contributed by atoms with Crippen molar-refractivity contribution in [2.75, 3.05) is 11.5 Å². The Morgan fingerprint density at radius 2 is 2.23 bits per heavy atom. The average Bonchev–Trinajstić information content (AvgIpc) is 3.01. The van der Waals surface area contributed by atoms with Gasteiger partial charge in [0.1, 0.15) is 17.1 Å². The number of hydrogen-bond acceptors (Lipinski definition) is 8. The van der Waals surface area contributed by atoms with E-state index in [4.69, 9.17) is 23.2 Å². The van der Waals surface area contributed by atoms with Crippen LogP contribution in [0.5, 0.6) is 0 Å². The van der Waals surface area contributed by atoms with Gasteiger partial charge < -0.3 is 10.4 Å². The molecule has 26 heavy (non-hydrogen) atoms. The number of nitrogens with zero attached hydrogens (tertiary/aromatic N) is 5. The van der Waals surface area contributed by atoms with Crippen molar-refractivity contribution in [1.82, 2.24) is 30.4 Å². The number of carbonyl (C=O) groups excluding carboxylic acids is 2. The molecule has 1 aromatic rings. The number of carbonyl (C=O) groups is 3. The summed E-state index contributed by atoms with van der Waals surface area (Å²) in [4.78, 5) is 35.6. The summed E-state index contributed by atoms with van der Waals surface area (Å²) in [6.45, 7) is 0. The van der Waals surface area contributed by atoms with Crippen LogP contribution < -0.4 is 5.32 Å². The molecule has 2 N–H and O–H groups in total. The van der Waals surface area contributed by atoms with E-state index < -0.39 is 34.0 Å². The van der Waals surface area contributed by atoms with Gasteiger partial charge in [-0.1, -0.05) is 35.0 Å². The smallest absolute Gasteiger partial charge is 0.352 e. The molecule has 2 atom stereocenters. The molecule has 0 spiro atoms. The van der Waals surface area contributed by atoms with Crippen LogP contribution >= 0.6 is 46.7 Å². The molecule has 140 valence electrons. The molecule has 0 aromatic carbocycles. The number of hydrogen-bond donors (Lipinski definition) is 2. The number of aliphatic carboxylic acids is 1. The molecule has 0 aliphatic carbocycles. The van der Waals surface area contributed by atoms with Crippen LogP contribution in [0.15, 0.2) is 16.4 Å². The quantitative estimate of drug-likeness (QED) is 0.353. The number of β-lactam (4-membered cyclic amide) rings is 1. The van der Waals surface area contributed by atoms with Gasteiger partial charge in [0.15, 0.2) is 4.84 Å². The molecule has 0 bridgehead atoms. The van der Waals surface area contributed by atoms with Gasteiger partial charge in [0, 0.05) is 18.6 Å². The number of carboxylic acid groups (broad SMARTS) is 1. The maximum Gasteiger partial charge on any atom is 0.352 e. The summed E-state index contributed by atoms with van der Waals surface area (Å²) >= 11 is 13.6. The fourth-order valence-corrected chi connectivity index (χ4v) is 4.97. The van der Waals surface area contributed by atoms with Crippen molar-refractivity contribution in [3.05, 3.63) is 11.3 Å². The lowest BCUT2D eigenvalue weighted by atomic mass is 10.0. The van der Waals surface area contributed by atoms with E-state index in [9.17, 15) is 19.5 Å². The Hall–Kier alpha value is -1.50. The van der Waals surface area contributed by atoms with E-state index in [2.05, 4.69) is 20.8 Å².